The van der Waals surface area contributed by atoms with Crippen molar-refractivity contribution in [1.82, 2.24) is 10.2 Å². The monoisotopic (exact) mass is 230 g/mol. The molecule has 0 radical (unpaired) electrons. The van der Waals surface area contributed by atoms with E-state index in [1.807, 2.05) is 13.2 Å². The van der Waals surface area contributed by atoms with Crippen molar-refractivity contribution in [3.8, 4) is 0 Å². The van der Waals surface area contributed by atoms with E-state index in [2.05, 4.69) is 5.32 Å². The molecule has 1 fully saturated rings. The second-order valence-electron chi connectivity index (χ2n) is 3.60. The third-order valence-electron chi connectivity index (χ3n) is 2.53. The van der Waals surface area contributed by atoms with Gasteiger partial charge in [-0.3, -0.25) is 9.59 Å². The topological polar surface area (TPSA) is 49.4 Å². The summed E-state index contributed by atoms with van der Waals surface area (Å²) in [6.07, 6.45) is 3.11. The lowest BCUT2D eigenvalue weighted by Crippen LogP contribution is -2.44. The Morgan fingerprint density at radius 1 is 1.53 bits per heavy atom. The van der Waals surface area contributed by atoms with Crippen LogP contribution in [0.2, 0.25) is 0 Å². The quantitative estimate of drug-likeness (QED) is 0.764. The molecule has 1 N–H and O–H groups in total. The fraction of sp³-hybridized carbons (Fsp3) is 0.800. The van der Waals surface area contributed by atoms with Crippen molar-refractivity contribution in [2.24, 2.45) is 0 Å². The second-order valence-corrected chi connectivity index (χ2v) is 4.58. The smallest absolute Gasteiger partial charge is 0.245 e. The van der Waals surface area contributed by atoms with E-state index in [0.29, 0.717) is 19.4 Å². The van der Waals surface area contributed by atoms with Crippen molar-refractivity contribution in [3.05, 3.63) is 0 Å². The fourth-order valence-electron chi connectivity index (χ4n) is 1.60. The largest absolute Gasteiger partial charge is 0.344 e. The summed E-state index contributed by atoms with van der Waals surface area (Å²) in [5, 5.41) is 2.75. The molecule has 1 aliphatic heterocycles. The van der Waals surface area contributed by atoms with Crippen LogP contribution in [-0.4, -0.2) is 47.9 Å². The molecule has 1 aliphatic rings. The molecule has 4 nitrogen and oxygen atoms in total. The highest BCUT2D eigenvalue weighted by molar-refractivity contribution is 7.98. The maximum atomic E-state index is 11.9. The first-order valence-electron chi connectivity index (χ1n) is 5.26. The first-order chi connectivity index (χ1) is 7.19. The van der Waals surface area contributed by atoms with E-state index in [4.69, 9.17) is 0 Å². The van der Waals surface area contributed by atoms with Crippen LogP contribution >= 0.6 is 11.8 Å². The SMILES string of the molecule is CCC1NC(=O)CCN(CCSC)C1=O. The average Bonchev–Trinajstić information content (AvgIpc) is 2.37. The second kappa shape index (κ2) is 6.00. The van der Waals surface area contributed by atoms with Gasteiger partial charge in [-0.05, 0) is 12.7 Å². The number of hydrogen-bond acceptors (Lipinski definition) is 3. The van der Waals surface area contributed by atoms with Crippen LogP contribution in [0.4, 0.5) is 0 Å². The zero-order valence-electron chi connectivity index (χ0n) is 9.28. The van der Waals surface area contributed by atoms with Crippen molar-refractivity contribution >= 4 is 23.6 Å². The van der Waals surface area contributed by atoms with Gasteiger partial charge in [-0.15, -0.1) is 0 Å². The number of thioether (sulfide) groups is 1. The third kappa shape index (κ3) is 3.41. The lowest BCUT2D eigenvalue weighted by molar-refractivity contribution is -0.133. The summed E-state index contributed by atoms with van der Waals surface area (Å²) in [5.41, 5.74) is 0. The molecule has 5 heteroatoms. The van der Waals surface area contributed by atoms with Crippen LogP contribution in [0.15, 0.2) is 0 Å². The van der Waals surface area contributed by atoms with Gasteiger partial charge >= 0.3 is 0 Å². The lowest BCUT2D eigenvalue weighted by atomic mass is 10.2. The lowest BCUT2D eigenvalue weighted by Gasteiger charge is -2.22. The van der Waals surface area contributed by atoms with Crippen molar-refractivity contribution in [2.45, 2.75) is 25.8 Å². The van der Waals surface area contributed by atoms with E-state index in [1.165, 1.54) is 0 Å². The van der Waals surface area contributed by atoms with Crippen molar-refractivity contribution in [1.29, 1.82) is 0 Å². The number of rotatable bonds is 4. The molecule has 1 heterocycles. The van der Waals surface area contributed by atoms with Crippen LogP contribution in [0, 0.1) is 0 Å². The Morgan fingerprint density at radius 3 is 2.87 bits per heavy atom. The van der Waals surface area contributed by atoms with Crippen LogP contribution in [0.5, 0.6) is 0 Å². The molecule has 0 aliphatic carbocycles. The Morgan fingerprint density at radius 2 is 2.27 bits per heavy atom. The van der Waals surface area contributed by atoms with Crippen molar-refractivity contribution in [2.75, 3.05) is 25.1 Å². The molecule has 1 saturated heterocycles. The summed E-state index contributed by atoms with van der Waals surface area (Å²) in [5.74, 6) is 0.982. The highest BCUT2D eigenvalue weighted by atomic mass is 32.2. The minimum absolute atomic E-state index is 0.0122. The molecule has 0 aromatic rings. The summed E-state index contributed by atoms with van der Waals surface area (Å²) in [6, 6.07) is -0.318. The molecule has 1 atom stereocenters. The molecule has 1 unspecified atom stereocenters. The molecule has 0 aromatic carbocycles. The van der Waals surface area contributed by atoms with Gasteiger partial charge in [0.05, 0.1) is 0 Å². The van der Waals surface area contributed by atoms with Gasteiger partial charge in [0, 0.05) is 25.3 Å². The van der Waals surface area contributed by atoms with Crippen LogP contribution in [0.25, 0.3) is 0 Å². The molecule has 0 bridgehead atoms. The Labute approximate surface area is 94.8 Å². The van der Waals surface area contributed by atoms with E-state index < -0.39 is 0 Å². The van der Waals surface area contributed by atoms with Crippen molar-refractivity contribution < 1.29 is 9.59 Å². The van der Waals surface area contributed by atoms with Gasteiger partial charge in [-0.25, -0.2) is 0 Å². The average molecular weight is 230 g/mol. The Bertz CT molecular complexity index is 246. The zero-order valence-corrected chi connectivity index (χ0v) is 10.1. The minimum Gasteiger partial charge on any atom is -0.344 e. The summed E-state index contributed by atoms with van der Waals surface area (Å²) in [6.45, 7) is 3.22. The van der Waals surface area contributed by atoms with Gasteiger partial charge in [0.15, 0.2) is 0 Å². The predicted molar refractivity (Wildman–Crippen MR) is 61.8 cm³/mol. The number of nitrogens with one attached hydrogen (secondary N) is 1. The Hall–Kier alpha value is -0.710. The van der Waals surface area contributed by atoms with E-state index in [-0.39, 0.29) is 17.9 Å². The molecular weight excluding hydrogens is 212 g/mol. The molecule has 86 valence electrons. The van der Waals surface area contributed by atoms with E-state index in [1.54, 1.807) is 16.7 Å². The number of hydrogen-bond donors (Lipinski definition) is 1. The predicted octanol–water partition coefficient (Wildman–Crippen LogP) is 0.476. The van der Waals surface area contributed by atoms with Crippen LogP contribution in [-0.2, 0) is 9.59 Å². The number of amides is 2. The normalized spacial score (nSPS) is 22.5. The fourth-order valence-corrected chi connectivity index (χ4v) is 2.00. The van der Waals surface area contributed by atoms with Gasteiger partial charge < -0.3 is 10.2 Å². The Kier molecular flexibility index (Phi) is 4.94. The first-order valence-corrected chi connectivity index (χ1v) is 6.65. The molecule has 0 aromatic heterocycles. The van der Waals surface area contributed by atoms with Crippen LogP contribution in [0.1, 0.15) is 19.8 Å². The molecular formula is C10H18N2O2S. The first kappa shape index (κ1) is 12.4. The standard InChI is InChI=1S/C10H18N2O2S/c1-3-8-10(14)12(6-7-15-2)5-4-9(13)11-8/h8H,3-7H2,1-2H3,(H,11,13). The maximum Gasteiger partial charge on any atom is 0.245 e. The molecule has 2 amide bonds. The summed E-state index contributed by atoms with van der Waals surface area (Å²) < 4.78 is 0. The number of nitrogens with zero attached hydrogens (tertiary/aromatic N) is 1. The van der Waals surface area contributed by atoms with Gasteiger partial charge in [0.1, 0.15) is 6.04 Å². The van der Waals surface area contributed by atoms with Crippen LogP contribution < -0.4 is 5.32 Å². The zero-order chi connectivity index (χ0) is 11.3. The summed E-state index contributed by atoms with van der Waals surface area (Å²) in [4.78, 5) is 25.0. The van der Waals surface area contributed by atoms with Gasteiger partial charge in [0.2, 0.25) is 11.8 Å². The van der Waals surface area contributed by atoms with Gasteiger partial charge in [0.25, 0.3) is 0 Å². The summed E-state index contributed by atoms with van der Waals surface area (Å²) in [7, 11) is 0. The molecule has 0 saturated carbocycles. The minimum atomic E-state index is -0.318. The molecule has 1 rings (SSSR count). The summed E-state index contributed by atoms with van der Waals surface area (Å²) >= 11 is 1.71. The van der Waals surface area contributed by atoms with E-state index >= 15 is 0 Å². The Balaban J connectivity index is 2.62. The highest BCUT2D eigenvalue weighted by Crippen LogP contribution is 2.07. The van der Waals surface area contributed by atoms with Gasteiger partial charge in [-0.2, -0.15) is 11.8 Å². The maximum absolute atomic E-state index is 11.9. The molecule has 15 heavy (non-hydrogen) atoms. The van der Waals surface area contributed by atoms with E-state index in [9.17, 15) is 9.59 Å². The highest BCUT2D eigenvalue weighted by Gasteiger charge is 2.27. The third-order valence-corrected chi connectivity index (χ3v) is 3.12. The number of carbonyl (C=O) groups is 2. The molecule has 0 spiro atoms. The van der Waals surface area contributed by atoms with Gasteiger partial charge in [-0.1, -0.05) is 6.92 Å². The van der Waals surface area contributed by atoms with Crippen LogP contribution in [0.3, 0.4) is 0 Å². The number of carbonyl (C=O) groups excluding carboxylic acids is 2. The van der Waals surface area contributed by atoms with E-state index in [0.717, 1.165) is 12.3 Å². The van der Waals surface area contributed by atoms with Crippen molar-refractivity contribution in [3.63, 3.8) is 0 Å².